The molecule has 15 heavy (non-hydrogen) atoms. The average Bonchev–Trinajstić information content (AvgIpc) is 2.17. The largest absolute Gasteiger partial charge is 0.504 e. The number of carboxylic acid groups (broad SMARTS) is 1. The van der Waals surface area contributed by atoms with E-state index in [0.29, 0.717) is 11.3 Å². The van der Waals surface area contributed by atoms with Crippen LogP contribution in [0.15, 0.2) is 12.1 Å². The number of aryl methyl sites for hydroxylation is 1. The summed E-state index contributed by atoms with van der Waals surface area (Å²) in [6.45, 7) is 3.29. The van der Waals surface area contributed by atoms with Gasteiger partial charge in [-0.1, -0.05) is 6.07 Å². The molecule has 1 rings (SSSR count). The number of methoxy groups -OCH3 is 1. The normalized spacial score (nSPS) is 12.2. The Labute approximate surface area is 88.1 Å². The van der Waals surface area contributed by atoms with Crippen molar-refractivity contribution in [2.75, 3.05) is 7.11 Å². The molecule has 1 aromatic rings. The van der Waals surface area contributed by atoms with Crippen molar-refractivity contribution in [2.24, 2.45) is 0 Å². The van der Waals surface area contributed by atoms with Crippen LogP contribution in [0.2, 0.25) is 0 Å². The van der Waals surface area contributed by atoms with E-state index in [4.69, 9.17) is 9.84 Å². The molecular weight excluding hydrogens is 196 g/mol. The molecule has 0 amide bonds. The summed E-state index contributed by atoms with van der Waals surface area (Å²) in [5, 5.41) is 18.7. The number of aromatic hydroxyl groups is 1. The van der Waals surface area contributed by atoms with Crippen LogP contribution in [0, 0.1) is 6.92 Å². The summed E-state index contributed by atoms with van der Waals surface area (Å²) in [4.78, 5) is 10.9. The maximum absolute atomic E-state index is 10.9. The summed E-state index contributed by atoms with van der Waals surface area (Å²) in [7, 11) is 1.43. The van der Waals surface area contributed by atoms with Crippen LogP contribution in [0.5, 0.6) is 11.5 Å². The van der Waals surface area contributed by atoms with Crippen LogP contribution in [0.4, 0.5) is 0 Å². The Morgan fingerprint density at radius 1 is 1.47 bits per heavy atom. The quantitative estimate of drug-likeness (QED) is 0.799. The molecule has 0 aliphatic heterocycles. The Morgan fingerprint density at radius 2 is 2.07 bits per heavy atom. The Balaban J connectivity index is 3.32. The lowest BCUT2D eigenvalue weighted by Crippen LogP contribution is -2.09. The third kappa shape index (κ3) is 2.03. The maximum Gasteiger partial charge on any atom is 0.310 e. The molecular formula is C11H14O4. The second kappa shape index (κ2) is 4.21. The molecule has 0 heterocycles. The third-order valence-corrected chi connectivity index (χ3v) is 2.42. The maximum atomic E-state index is 10.9. The van der Waals surface area contributed by atoms with Gasteiger partial charge in [-0.25, -0.2) is 0 Å². The SMILES string of the molecule is COc1ccc(C)c(C(C)C(=O)O)c1O. The molecule has 0 aliphatic rings. The number of hydrogen-bond donors (Lipinski definition) is 2. The van der Waals surface area contributed by atoms with Crippen LogP contribution in [0.3, 0.4) is 0 Å². The van der Waals surface area contributed by atoms with E-state index >= 15 is 0 Å². The van der Waals surface area contributed by atoms with Crippen molar-refractivity contribution in [2.45, 2.75) is 19.8 Å². The van der Waals surface area contributed by atoms with Gasteiger partial charge >= 0.3 is 5.97 Å². The van der Waals surface area contributed by atoms with Crippen molar-refractivity contribution in [3.63, 3.8) is 0 Å². The molecule has 0 bridgehead atoms. The van der Waals surface area contributed by atoms with Crippen molar-refractivity contribution in [1.29, 1.82) is 0 Å². The molecule has 1 atom stereocenters. The number of rotatable bonds is 3. The van der Waals surface area contributed by atoms with Gasteiger partial charge in [-0.2, -0.15) is 0 Å². The van der Waals surface area contributed by atoms with Gasteiger partial charge in [-0.05, 0) is 25.5 Å². The average molecular weight is 210 g/mol. The molecule has 0 saturated carbocycles. The highest BCUT2D eigenvalue weighted by atomic mass is 16.5. The van der Waals surface area contributed by atoms with Gasteiger partial charge < -0.3 is 14.9 Å². The number of aliphatic carboxylic acids is 1. The number of ether oxygens (including phenoxy) is 1. The van der Waals surface area contributed by atoms with Crippen LogP contribution in [-0.2, 0) is 4.79 Å². The van der Waals surface area contributed by atoms with Crippen molar-refractivity contribution < 1.29 is 19.7 Å². The number of phenolic OH excluding ortho intramolecular Hbond substituents is 1. The molecule has 0 aromatic heterocycles. The van der Waals surface area contributed by atoms with Crippen molar-refractivity contribution >= 4 is 5.97 Å². The minimum atomic E-state index is -0.971. The zero-order valence-electron chi connectivity index (χ0n) is 8.94. The Kier molecular flexibility index (Phi) is 3.19. The topological polar surface area (TPSA) is 66.8 Å². The van der Waals surface area contributed by atoms with Crippen LogP contribution < -0.4 is 4.74 Å². The molecule has 1 unspecified atom stereocenters. The lowest BCUT2D eigenvalue weighted by Gasteiger charge is -2.14. The van der Waals surface area contributed by atoms with E-state index in [1.54, 1.807) is 19.1 Å². The highest BCUT2D eigenvalue weighted by Crippen LogP contribution is 2.36. The van der Waals surface area contributed by atoms with Crippen molar-refractivity contribution in [3.05, 3.63) is 23.3 Å². The number of hydrogen-bond acceptors (Lipinski definition) is 3. The van der Waals surface area contributed by atoms with Gasteiger partial charge in [0, 0.05) is 5.56 Å². The first kappa shape index (κ1) is 11.4. The molecule has 0 saturated heterocycles. The summed E-state index contributed by atoms with van der Waals surface area (Å²) in [5.41, 5.74) is 1.14. The fourth-order valence-electron chi connectivity index (χ4n) is 1.52. The molecule has 0 spiro atoms. The van der Waals surface area contributed by atoms with Gasteiger partial charge in [0.2, 0.25) is 0 Å². The highest BCUT2D eigenvalue weighted by Gasteiger charge is 2.22. The monoisotopic (exact) mass is 210 g/mol. The summed E-state index contributed by atoms with van der Waals surface area (Å²) < 4.78 is 4.93. The van der Waals surface area contributed by atoms with E-state index in [1.165, 1.54) is 14.0 Å². The molecule has 82 valence electrons. The molecule has 4 heteroatoms. The minimum absolute atomic E-state index is 0.0904. The Hall–Kier alpha value is -1.71. The predicted molar refractivity (Wildman–Crippen MR) is 55.4 cm³/mol. The van der Waals surface area contributed by atoms with Gasteiger partial charge in [-0.15, -0.1) is 0 Å². The first-order valence-corrected chi connectivity index (χ1v) is 4.58. The zero-order valence-corrected chi connectivity index (χ0v) is 8.94. The smallest absolute Gasteiger partial charge is 0.310 e. The summed E-state index contributed by atoms with van der Waals surface area (Å²) >= 11 is 0. The first-order valence-electron chi connectivity index (χ1n) is 4.58. The van der Waals surface area contributed by atoms with Crippen LogP contribution in [0.1, 0.15) is 24.0 Å². The number of benzene rings is 1. The second-order valence-electron chi connectivity index (χ2n) is 3.41. The standard InChI is InChI=1S/C11H14O4/c1-6-4-5-8(15-3)10(12)9(6)7(2)11(13)14/h4-5,7,12H,1-3H3,(H,13,14). The number of carbonyl (C=O) groups is 1. The third-order valence-electron chi connectivity index (χ3n) is 2.42. The second-order valence-corrected chi connectivity index (χ2v) is 3.41. The predicted octanol–water partition coefficient (Wildman–Crippen LogP) is 1.90. The summed E-state index contributed by atoms with van der Waals surface area (Å²) in [5.74, 6) is -1.52. The highest BCUT2D eigenvalue weighted by molar-refractivity contribution is 5.78. The van der Waals surface area contributed by atoms with Crippen LogP contribution >= 0.6 is 0 Å². The van der Waals surface area contributed by atoms with Crippen LogP contribution in [-0.4, -0.2) is 23.3 Å². The summed E-state index contributed by atoms with van der Waals surface area (Å²) in [6.07, 6.45) is 0. The molecule has 0 fully saturated rings. The van der Waals surface area contributed by atoms with E-state index < -0.39 is 11.9 Å². The van der Waals surface area contributed by atoms with Gasteiger partial charge in [-0.3, -0.25) is 4.79 Å². The fraction of sp³-hybridized carbons (Fsp3) is 0.364. The molecule has 1 aromatic carbocycles. The van der Waals surface area contributed by atoms with E-state index in [2.05, 4.69) is 0 Å². The lowest BCUT2D eigenvalue weighted by atomic mass is 9.95. The molecule has 2 N–H and O–H groups in total. The van der Waals surface area contributed by atoms with Gasteiger partial charge in [0.15, 0.2) is 11.5 Å². The van der Waals surface area contributed by atoms with Crippen LogP contribution in [0.25, 0.3) is 0 Å². The zero-order chi connectivity index (χ0) is 11.6. The Morgan fingerprint density at radius 3 is 2.53 bits per heavy atom. The molecule has 4 nitrogen and oxygen atoms in total. The molecule has 0 radical (unpaired) electrons. The van der Waals surface area contributed by atoms with E-state index in [1.807, 2.05) is 0 Å². The minimum Gasteiger partial charge on any atom is -0.504 e. The van der Waals surface area contributed by atoms with Gasteiger partial charge in [0.1, 0.15) is 0 Å². The van der Waals surface area contributed by atoms with E-state index in [0.717, 1.165) is 5.56 Å². The lowest BCUT2D eigenvalue weighted by molar-refractivity contribution is -0.138. The number of carboxylic acids is 1. The van der Waals surface area contributed by atoms with E-state index in [9.17, 15) is 9.90 Å². The van der Waals surface area contributed by atoms with Crippen molar-refractivity contribution in [1.82, 2.24) is 0 Å². The number of phenols is 1. The molecule has 0 aliphatic carbocycles. The Bertz CT molecular complexity index is 384. The first-order chi connectivity index (χ1) is 6.99. The van der Waals surface area contributed by atoms with Gasteiger partial charge in [0.25, 0.3) is 0 Å². The van der Waals surface area contributed by atoms with E-state index in [-0.39, 0.29) is 5.75 Å². The summed E-state index contributed by atoms with van der Waals surface area (Å²) in [6, 6.07) is 3.34. The fourth-order valence-corrected chi connectivity index (χ4v) is 1.52. The van der Waals surface area contributed by atoms with Crippen molar-refractivity contribution in [3.8, 4) is 11.5 Å². The van der Waals surface area contributed by atoms with Gasteiger partial charge in [0.05, 0.1) is 13.0 Å².